The van der Waals surface area contributed by atoms with Crippen LogP contribution in [-0.2, 0) is 0 Å². The molecule has 1 unspecified atom stereocenters. The van der Waals surface area contributed by atoms with Crippen LogP contribution in [0.3, 0.4) is 0 Å². The Bertz CT molecular complexity index is 399. The lowest BCUT2D eigenvalue weighted by Crippen LogP contribution is -2.41. The van der Waals surface area contributed by atoms with Crippen LogP contribution in [-0.4, -0.2) is 30.6 Å². The molecular formula is C16H25N3O. The first-order valence-corrected chi connectivity index (χ1v) is 7.60. The summed E-state index contributed by atoms with van der Waals surface area (Å²) in [7, 11) is 0. The molecule has 110 valence electrons. The Balaban J connectivity index is 1.71. The number of carbonyl (C=O) groups excluding carboxylic acids is 1. The van der Waals surface area contributed by atoms with Gasteiger partial charge in [0.1, 0.15) is 0 Å². The van der Waals surface area contributed by atoms with E-state index in [1.54, 1.807) is 0 Å². The first-order chi connectivity index (χ1) is 9.77. The number of carbonyl (C=O) groups is 1. The summed E-state index contributed by atoms with van der Waals surface area (Å²) in [6, 6.07) is 10.1. The predicted molar refractivity (Wildman–Crippen MR) is 81.4 cm³/mol. The molecule has 1 aromatic carbocycles. The van der Waals surface area contributed by atoms with E-state index in [1.165, 1.54) is 12.8 Å². The van der Waals surface area contributed by atoms with Gasteiger partial charge in [-0.2, -0.15) is 0 Å². The molecule has 4 heteroatoms. The zero-order chi connectivity index (χ0) is 14.2. The molecule has 1 aliphatic rings. The molecule has 0 bridgehead atoms. The zero-order valence-corrected chi connectivity index (χ0v) is 12.1. The third-order valence-corrected chi connectivity index (χ3v) is 3.85. The van der Waals surface area contributed by atoms with Gasteiger partial charge in [-0.15, -0.1) is 0 Å². The van der Waals surface area contributed by atoms with Crippen molar-refractivity contribution in [3.8, 4) is 0 Å². The lowest BCUT2D eigenvalue weighted by molar-refractivity contribution is 0.199. The first-order valence-electron chi connectivity index (χ1n) is 7.60. The Kier molecular flexibility index (Phi) is 5.87. The van der Waals surface area contributed by atoms with E-state index < -0.39 is 0 Å². The van der Waals surface area contributed by atoms with Crippen LogP contribution >= 0.6 is 0 Å². The topological polar surface area (TPSA) is 58.4 Å². The number of urea groups is 1. The molecule has 3 N–H and O–H groups in total. The second-order valence-corrected chi connectivity index (χ2v) is 5.44. The van der Waals surface area contributed by atoms with E-state index in [9.17, 15) is 4.79 Å². The van der Waals surface area contributed by atoms with Gasteiger partial charge in [-0.3, -0.25) is 0 Å². The van der Waals surface area contributed by atoms with E-state index >= 15 is 0 Å². The van der Waals surface area contributed by atoms with E-state index in [-0.39, 0.29) is 12.1 Å². The Labute approximate surface area is 121 Å². The Morgan fingerprint density at radius 3 is 2.45 bits per heavy atom. The van der Waals surface area contributed by atoms with Crippen LogP contribution < -0.4 is 11.1 Å². The average molecular weight is 275 g/mol. The smallest absolute Gasteiger partial charge is 0.317 e. The van der Waals surface area contributed by atoms with Crippen molar-refractivity contribution in [2.75, 3.05) is 19.6 Å². The Morgan fingerprint density at radius 2 is 1.80 bits per heavy atom. The molecule has 0 radical (unpaired) electrons. The largest absolute Gasteiger partial charge is 0.338 e. The second-order valence-electron chi connectivity index (χ2n) is 5.44. The van der Waals surface area contributed by atoms with E-state index in [0.717, 1.165) is 37.9 Å². The minimum atomic E-state index is -0.0133. The fourth-order valence-corrected chi connectivity index (χ4v) is 2.59. The molecule has 1 atom stereocenters. The minimum Gasteiger partial charge on any atom is -0.338 e. The van der Waals surface area contributed by atoms with Crippen molar-refractivity contribution in [1.29, 1.82) is 0 Å². The van der Waals surface area contributed by atoms with E-state index in [2.05, 4.69) is 5.32 Å². The molecule has 1 heterocycles. The maximum Gasteiger partial charge on any atom is 0.317 e. The van der Waals surface area contributed by atoms with Crippen molar-refractivity contribution >= 4 is 6.03 Å². The number of hydrogen-bond donors (Lipinski definition) is 2. The zero-order valence-electron chi connectivity index (χ0n) is 12.1. The van der Waals surface area contributed by atoms with Gasteiger partial charge in [0.25, 0.3) is 0 Å². The van der Waals surface area contributed by atoms with Crippen LogP contribution in [0.2, 0.25) is 0 Å². The average Bonchev–Trinajstić information content (AvgIpc) is 2.77. The first kappa shape index (κ1) is 14.9. The van der Waals surface area contributed by atoms with E-state index in [4.69, 9.17) is 5.73 Å². The number of nitrogens with two attached hydrogens (primary N) is 1. The molecule has 0 aromatic heterocycles. The summed E-state index contributed by atoms with van der Waals surface area (Å²) < 4.78 is 0. The van der Waals surface area contributed by atoms with Gasteiger partial charge in [-0.25, -0.2) is 4.79 Å². The van der Waals surface area contributed by atoms with Crippen LogP contribution in [0.15, 0.2) is 30.3 Å². The standard InChI is InChI=1S/C16H25N3O/c17-15(14-8-4-3-5-9-14)10-11-18-16(20)19-12-6-1-2-7-13-19/h3-5,8-9,15H,1-2,6-7,10-13,17H2,(H,18,20). The van der Waals surface area contributed by atoms with Crippen molar-refractivity contribution in [2.45, 2.75) is 38.1 Å². The van der Waals surface area contributed by atoms with Gasteiger partial charge in [0, 0.05) is 25.7 Å². The molecular weight excluding hydrogens is 250 g/mol. The summed E-state index contributed by atoms with van der Waals surface area (Å²) in [6.45, 7) is 2.40. The summed E-state index contributed by atoms with van der Waals surface area (Å²) in [5, 5.41) is 2.99. The van der Waals surface area contributed by atoms with Gasteiger partial charge >= 0.3 is 6.03 Å². The maximum absolute atomic E-state index is 12.0. The highest BCUT2D eigenvalue weighted by Gasteiger charge is 2.15. The monoisotopic (exact) mass is 275 g/mol. The quantitative estimate of drug-likeness (QED) is 0.887. The lowest BCUT2D eigenvalue weighted by Gasteiger charge is -2.21. The minimum absolute atomic E-state index is 0.0133. The number of nitrogens with one attached hydrogen (secondary N) is 1. The fraction of sp³-hybridized carbons (Fsp3) is 0.562. The molecule has 1 fully saturated rings. The molecule has 1 saturated heterocycles. The van der Waals surface area contributed by atoms with Crippen molar-refractivity contribution in [1.82, 2.24) is 10.2 Å². The van der Waals surface area contributed by atoms with Crippen molar-refractivity contribution < 1.29 is 4.79 Å². The number of hydrogen-bond acceptors (Lipinski definition) is 2. The van der Waals surface area contributed by atoms with Gasteiger partial charge in [0.2, 0.25) is 0 Å². The molecule has 0 saturated carbocycles. The number of amides is 2. The highest BCUT2D eigenvalue weighted by atomic mass is 16.2. The number of benzene rings is 1. The lowest BCUT2D eigenvalue weighted by atomic mass is 10.1. The van der Waals surface area contributed by atoms with Crippen LogP contribution in [0.25, 0.3) is 0 Å². The number of rotatable bonds is 4. The molecule has 4 nitrogen and oxygen atoms in total. The van der Waals surface area contributed by atoms with Crippen LogP contribution in [0, 0.1) is 0 Å². The number of likely N-dealkylation sites (tertiary alicyclic amines) is 1. The summed E-state index contributed by atoms with van der Waals surface area (Å²) in [4.78, 5) is 14.0. The molecule has 1 aliphatic heterocycles. The van der Waals surface area contributed by atoms with Gasteiger partial charge in [0.15, 0.2) is 0 Å². The van der Waals surface area contributed by atoms with Gasteiger partial charge in [-0.1, -0.05) is 43.2 Å². The SMILES string of the molecule is NC(CCNC(=O)N1CCCCCC1)c1ccccc1. The van der Waals surface area contributed by atoms with Gasteiger partial charge in [0.05, 0.1) is 0 Å². The molecule has 1 aromatic rings. The second kappa shape index (κ2) is 7.90. The normalized spacial score (nSPS) is 17.4. The van der Waals surface area contributed by atoms with E-state index in [1.807, 2.05) is 35.2 Å². The summed E-state index contributed by atoms with van der Waals surface area (Å²) in [5.74, 6) is 0. The van der Waals surface area contributed by atoms with Gasteiger partial charge < -0.3 is 16.0 Å². The molecule has 0 aliphatic carbocycles. The van der Waals surface area contributed by atoms with Crippen molar-refractivity contribution in [3.05, 3.63) is 35.9 Å². The van der Waals surface area contributed by atoms with Crippen LogP contribution in [0.1, 0.15) is 43.7 Å². The molecule has 2 rings (SSSR count). The highest BCUT2D eigenvalue weighted by Crippen LogP contribution is 2.13. The molecule has 20 heavy (non-hydrogen) atoms. The third kappa shape index (κ3) is 4.53. The van der Waals surface area contributed by atoms with Crippen molar-refractivity contribution in [2.24, 2.45) is 5.73 Å². The highest BCUT2D eigenvalue weighted by molar-refractivity contribution is 5.74. The predicted octanol–water partition coefficient (Wildman–Crippen LogP) is 2.66. The molecule has 0 spiro atoms. The van der Waals surface area contributed by atoms with E-state index in [0.29, 0.717) is 6.54 Å². The van der Waals surface area contributed by atoms with Crippen molar-refractivity contribution in [3.63, 3.8) is 0 Å². The summed E-state index contributed by atoms with van der Waals surface area (Å²) in [6.07, 6.45) is 5.49. The third-order valence-electron chi connectivity index (χ3n) is 3.85. The van der Waals surface area contributed by atoms with Gasteiger partial charge in [-0.05, 0) is 24.8 Å². The summed E-state index contributed by atoms with van der Waals surface area (Å²) in [5.41, 5.74) is 7.24. The van der Waals surface area contributed by atoms with Crippen LogP contribution in [0.5, 0.6) is 0 Å². The fourth-order valence-electron chi connectivity index (χ4n) is 2.59. The van der Waals surface area contributed by atoms with Crippen LogP contribution in [0.4, 0.5) is 4.79 Å². The Hall–Kier alpha value is -1.55. The molecule has 2 amide bonds. The Morgan fingerprint density at radius 1 is 1.15 bits per heavy atom. The number of nitrogens with zero attached hydrogens (tertiary/aromatic N) is 1. The summed E-state index contributed by atoms with van der Waals surface area (Å²) >= 11 is 0. The maximum atomic E-state index is 12.0.